The molecule has 1 heterocycles. The highest BCUT2D eigenvalue weighted by atomic mass is 32.1. The molecule has 0 spiro atoms. The molecule has 2 aromatic carbocycles. The molecule has 1 aliphatic heterocycles. The molecule has 18 N–H and O–H groups in total. The van der Waals surface area contributed by atoms with E-state index in [-0.39, 0.29) is 81.8 Å². The summed E-state index contributed by atoms with van der Waals surface area (Å²) in [7, 11) is 0. The smallest absolute Gasteiger partial charge is 0.325 e. The second-order valence-corrected chi connectivity index (χ2v) is 18.4. The molecule has 1 fully saturated rings. The van der Waals surface area contributed by atoms with Gasteiger partial charge in [-0.25, -0.2) is 4.79 Å². The van der Waals surface area contributed by atoms with Gasteiger partial charge in [-0.3, -0.25) is 47.9 Å². The van der Waals surface area contributed by atoms with E-state index in [0.29, 0.717) is 12.0 Å². The van der Waals surface area contributed by atoms with Gasteiger partial charge in [0, 0.05) is 31.0 Å². The van der Waals surface area contributed by atoms with Crippen molar-refractivity contribution in [3.05, 3.63) is 65.7 Å². The van der Waals surface area contributed by atoms with Gasteiger partial charge in [0.1, 0.15) is 54.1 Å². The van der Waals surface area contributed by atoms with Gasteiger partial charge in [0.2, 0.25) is 53.2 Å². The van der Waals surface area contributed by atoms with Crippen LogP contribution >= 0.6 is 25.3 Å². The van der Waals surface area contributed by atoms with Crippen molar-refractivity contribution in [2.75, 3.05) is 31.1 Å². The topological polar surface area (TPSA) is 432 Å². The summed E-state index contributed by atoms with van der Waals surface area (Å²) in [5.74, 6) is -9.68. The molecule has 412 valence electrons. The van der Waals surface area contributed by atoms with Crippen LogP contribution in [0.2, 0.25) is 0 Å². The van der Waals surface area contributed by atoms with Crippen molar-refractivity contribution < 1.29 is 63.0 Å². The number of amides is 11. The SMILES string of the molecule is C[C@H](NC(=O)[C@H](CCCNC(N)=O)NC(=O)[C@@H]1CCCN1C(=O)[C@H](CS)NC(=O)[C@H](CC(N)=O)NC(=O)[C@H](CCN)NC(=O)[C@H](CCc1ccccc1)NC(=O)[C@H](Cc1ccc(O)cc1)NC(=O)[C@@H](N)CS)C(=O)O. The van der Waals surface area contributed by atoms with Crippen molar-refractivity contribution in [1.29, 1.82) is 0 Å². The molecule has 0 radical (unpaired) electrons. The van der Waals surface area contributed by atoms with E-state index >= 15 is 0 Å². The van der Waals surface area contributed by atoms with Crippen LogP contribution in [0.3, 0.4) is 0 Å². The van der Waals surface area contributed by atoms with Gasteiger partial charge in [0.05, 0.1) is 12.5 Å². The van der Waals surface area contributed by atoms with Gasteiger partial charge in [0.15, 0.2) is 0 Å². The fraction of sp³-hybridized carbons (Fsp3) is 0.511. The zero-order chi connectivity index (χ0) is 55.8. The molecule has 3 rings (SSSR count). The molecule has 1 aliphatic rings. The van der Waals surface area contributed by atoms with Gasteiger partial charge >= 0.3 is 12.0 Å². The van der Waals surface area contributed by atoms with Crippen molar-refractivity contribution in [2.24, 2.45) is 22.9 Å². The molecule has 0 aromatic heterocycles. The molecule has 2 aromatic rings. The number of carboxylic acid groups (broad SMARTS) is 1. The summed E-state index contributed by atoms with van der Waals surface area (Å²) >= 11 is 8.32. The van der Waals surface area contributed by atoms with E-state index in [1.165, 1.54) is 31.2 Å². The average molecular weight is 1090 g/mol. The predicted octanol–water partition coefficient (Wildman–Crippen LogP) is -4.08. The summed E-state index contributed by atoms with van der Waals surface area (Å²) in [6, 6.07) is 1.80. The van der Waals surface area contributed by atoms with E-state index in [1.807, 2.05) is 0 Å². The molecule has 1 saturated heterocycles. The Kier molecular flexibility index (Phi) is 26.1. The van der Waals surface area contributed by atoms with Crippen LogP contribution in [0, 0.1) is 0 Å². The number of nitrogens with two attached hydrogens (primary N) is 4. The lowest BCUT2D eigenvalue weighted by molar-refractivity contribution is -0.143. The van der Waals surface area contributed by atoms with E-state index in [2.05, 4.69) is 67.8 Å². The Bertz CT molecular complexity index is 2320. The summed E-state index contributed by atoms with van der Waals surface area (Å²) in [5, 5.41) is 39.0. The molecule has 0 saturated carbocycles. The van der Waals surface area contributed by atoms with Crippen molar-refractivity contribution >= 4 is 90.4 Å². The molecule has 9 atom stereocenters. The molecular weight excluding hydrogens is 1020 g/mol. The number of rotatable bonds is 31. The first-order valence-electron chi connectivity index (χ1n) is 24.1. The number of nitrogens with zero attached hydrogens (tertiary/aromatic N) is 1. The maximum absolute atomic E-state index is 14.2. The van der Waals surface area contributed by atoms with E-state index < -0.39 is 126 Å². The molecule has 75 heavy (non-hydrogen) atoms. The number of carboxylic acids is 1. The van der Waals surface area contributed by atoms with E-state index in [4.69, 9.17) is 22.9 Å². The number of benzene rings is 2. The molecule has 26 nitrogen and oxygen atoms in total. The number of thiol groups is 2. The zero-order valence-electron chi connectivity index (χ0n) is 41.3. The van der Waals surface area contributed by atoms with Crippen LogP contribution in [-0.4, -0.2) is 166 Å². The lowest BCUT2D eigenvalue weighted by Gasteiger charge is -2.30. The van der Waals surface area contributed by atoms with Crippen molar-refractivity contribution in [2.45, 2.75) is 119 Å². The van der Waals surface area contributed by atoms with Crippen LogP contribution < -0.4 is 65.5 Å². The van der Waals surface area contributed by atoms with E-state index in [1.54, 1.807) is 30.3 Å². The number of carbonyl (C=O) groups excluding carboxylic acids is 10. The third kappa shape index (κ3) is 20.9. The fourth-order valence-electron chi connectivity index (χ4n) is 7.72. The number of likely N-dealkylation sites (tertiary alicyclic amines) is 1. The van der Waals surface area contributed by atoms with Gasteiger partial charge in [-0.2, -0.15) is 25.3 Å². The molecule has 11 amide bonds. The van der Waals surface area contributed by atoms with E-state index in [9.17, 15) is 63.0 Å². The summed E-state index contributed by atoms with van der Waals surface area (Å²) < 4.78 is 0. The first kappa shape index (κ1) is 62.1. The Labute approximate surface area is 443 Å². The number of phenols is 1. The molecule has 0 unspecified atom stereocenters. The molecular formula is C47H69N13O13S2. The highest BCUT2D eigenvalue weighted by Gasteiger charge is 2.40. The second kappa shape index (κ2) is 31.5. The fourth-order valence-corrected chi connectivity index (χ4v) is 8.13. The van der Waals surface area contributed by atoms with Gasteiger partial charge in [-0.15, -0.1) is 0 Å². The quantitative estimate of drug-likeness (QED) is 0.0252. The normalized spacial score (nSPS) is 16.2. The van der Waals surface area contributed by atoms with Crippen molar-refractivity contribution in [3.63, 3.8) is 0 Å². The minimum Gasteiger partial charge on any atom is -0.508 e. The maximum Gasteiger partial charge on any atom is 0.325 e. The van der Waals surface area contributed by atoms with Crippen LogP contribution in [0.5, 0.6) is 5.75 Å². The number of aryl methyl sites for hydroxylation is 1. The van der Waals surface area contributed by atoms with Gasteiger partial charge in [-0.1, -0.05) is 42.5 Å². The first-order valence-corrected chi connectivity index (χ1v) is 25.3. The third-order valence-corrected chi connectivity index (χ3v) is 12.6. The molecule has 0 aliphatic carbocycles. The second-order valence-electron chi connectivity index (χ2n) is 17.7. The standard InChI is InChI=1S/C47H69N13O13S2/c1-25(46(71)72)53-39(64)30(9-5-19-52-47(51)73)56-44(69)36-10-6-20-60(36)45(70)35(24-75)59-43(68)34(22-37(50)62)58-41(66)32(17-18-48)55-40(65)31(16-13-26-7-3-2-4-8-26)54-42(67)33(57-38(63)29(49)23-74)21-27-11-14-28(61)15-12-27/h2-4,7-8,11-12,14-15,25,29-36,61,74-75H,5-6,9-10,13,16-24,48-49H2,1H3,(H2,50,62)(H,53,64)(H,54,67)(H,55,65)(H,56,69)(H,57,63)(H,58,66)(H,59,68)(H,71,72)(H3,51,52,73)/t25-,29-,30-,31-,32-,33-,34-,35-,36-/m0/s1. The number of carbonyl (C=O) groups is 11. The Morgan fingerprint density at radius 2 is 1.21 bits per heavy atom. The van der Waals surface area contributed by atoms with Gasteiger partial charge < -0.3 is 80.6 Å². The summed E-state index contributed by atoms with van der Waals surface area (Å²) in [6.07, 6.45) is -0.334. The number of urea groups is 1. The predicted molar refractivity (Wildman–Crippen MR) is 278 cm³/mol. The maximum atomic E-state index is 14.2. The Morgan fingerprint density at radius 3 is 1.79 bits per heavy atom. The van der Waals surface area contributed by atoms with E-state index in [0.717, 1.165) is 10.5 Å². The number of hydrogen-bond acceptors (Lipinski definition) is 16. The number of hydrogen-bond donors (Lipinski definition) is 16. The summed E-state index contributed by atoms with van der Waals surface area (Å²) in [4.78, 5) is 146. The number of phenolic OH excluding ortho intramolecular Hbond substituents is 1. The Morgan fingerprint density at radius 1 is 0.667 bits per heavy atom. The largest absolute Gasteiger partial charge is 0.508 e. The van der Waals surface area contributed by atoms with Crippen LogP contribution in [0.1, 0.15) is 63.0 Å². The van der Waals surface area contributed by atoms with Gasteiger partial charge in [0.25, 0.3) is 0 Å². The number of nitrogens with one attached hydrogen (secondary N) is 8. The molecule has 0 bridgehead atoms. The van der Waals surface area contributed by atoms with Crippen LogP contribution in [0.15, 0.2) is 54.6 Å². The van der Waals surface area contributed by atoms with Crippen molar-refractivity contribution in [1.82, 2.24) is 47.4 Å². The Hall–Kier alpha value is -7.17. The van der Waals surface area contributed by atoms with Crippen LogP contribution in [-0.2, 0) is 60.8 Å². The van der Waals surface area contributed by atoms with Crippen LogP contribution in [0.25, 0.3) is 0 Å². The van der Waals surface area contributed by atoms with Crippen molar-refractivity contribution in [3.8, 4) is 5.75 Å². The number of primary amides is 2. The molecule has 28 heteroatoms. The van der Waals surface area contributed by atoms with Gasteiger partial charge in [-0.05, 0) is 81.7 Å². The zero-order valence-corrected chi connectivity index (χ0v) is 43.1. The summed E-state index contributed by atoms with van der Waals surface area (Å²) in [6.45, 7) is 1.09. The van der Waals surface area contributed by atoms with Crippen LogP contribution in [0.4, 0.5) is 4.79 Å². The lowest BCUT2D eigenvalue weighted by atomic mass is 10.0. The Balaban J connectivity index is 1.82. The lowest BCUT2D eigenvalue weighted by Crippen LogP contribution is -2.61. The third-order valence-electron chi connectivity index (χ3n) is 11.8. The highest BCUT2D eigenvalue weighted by molar-refractivity contribution is 7.80. The number of aliphatic carboxylic acids is 1. The number of aromatic hydroxyl groups is 1. The monoisotopic (exact) mass is 1090 g/mol. The highest BCUT2D eigenvalue weighted by Crippen LogP contribution is 2.20. The first-order chi connectivity index (χ1) is 35.6. The summed E-state index contributed by atoms with van der Waals surface area (Å²) in [5.41, 5.74) is 23.7. The minimum absolute atomic E-state index is 0.0158. The minimum atomic E-state index is -1.74. The average Bonchev–Trinajstić information content (AvgIpc) is 3.87.